The van der Waals surface area contributed by atoms with Gasteiger partial charge in [-0.2, -0.15) is 0 Å². The number of amides is 1. The summed E-state index contributed by atoms with van der Waals surface area (Å²) in [6, 6.07) is 8.09. The molecule has 1 unspecified atom stereocenters. The Bertz CT molecular complexity index is 337. The van der Waals surface area contributed by atoms with Gasteiger partial charge in [0.05, 0.1) is 0 Å². The zero-order valence-electron chi connectivity index (χ0n) is 9.37. The van der Waals surface area contributed by atoms with Gasteiger partial charge in [0.15, 0.2) is 0 Å². The highest BCUT2D eigenvalue weighted by Crippen LogP contribution is 2.10. The zero-order chi connectivity index (χ0) is 12.0. The Hall–Kier alpha value is -0.870. The average molecular weight is 285 g/mol. The predicted molar refractivity (Wildman–Crippen MR) is 69.1 cm³/mol. The fourth-order valence-corrected chi connectivity index (χ4v) is 1.53. The van der Waals surface area contributed by atoms with Crippen LogP contribution in [0.2, 0.25) is 0 Å². The molecule has 1 amide bonds. The van der Waals surface area contributed by atoms with E-state index in [9.17, 15) is 4.79 Å². The molecule has 0 aromatic heterocycles. The van der Waals surface area contributed by atoms with Crippen LogP contribution < -0.4 is 11.1 Å². The Kier molecular flexibility index (Phi) is 5.49. The Morgan fingerprint density at radius 2 is 2.06 bits per heavy atom. The molecule has 88 valence electrons. The number of carbonyl (C=O) groups is 1. The molecule has 0 saturated carbocycles. The van der Waals surface area contributed by atoms with Gasteiger partial charge < -0.3 is 11.1 Å². The van der Waals surface area contributed by atoms with E-state index in [4.69, 9.17) is 5.73 Å². The molecule has 0 radical (unpaired) electrons. The van der Waals surface area contributed by atoms with Crippen LogP contribution in [0.4, 0.5) is 0 Å². The van der Waals surface area contributed by atoms with Gasteiger partial charge in [-0.3, -0.25) is 4.79 Å². The number of rotatable bonds is 5. The Balaban J connectivity index is 2.30. The second-order valence-electron chi connectivity index (χ2n) is 3.80. The summed E-state index contributed by atoms with van der Waals surface area (Å²) in [7, 11) is 0. The van der Waals surface area contributed by atoms with E-state index in [-0.39, 0.29) is 11.8 Å². The molecule has 0 saturated heterocycles. The van der Waals surface area contributed by atoms with E-state index in [1.54, 1.807) is 0 Å². The molecule has 0 aliphatic rings. The number of carbonyl (C=O) groups excluding carboxylic acids is 1. The first kappa shape index (κ1) is 13.2. The summed E-state index contributed by atoms with van der Waals surface area (Å²) >= 11 is 3.38. The maximum Gasteiger partial charge on any atom is 0.224 e. The van der Waals surface area contributed by atoms with Crippen molar-refractivity contribution in [1.82, 2.24) is 5.32 Å². The topological polar surface area (TPSA) is 55.1 Å². The standard InChI is InChI=1S/C12H17BrN2O/c1-9(8-14)12(16)15-7-6-10-2-4-11(13)5-3-10/h2-5,9H,6-8,14H2,1H3,(H,15,16). The number of benzene rings is 1. The van der Waals surface area contributed by atoms with Crippen LogP contribution in [0.1, 0.15) is 12.5 Å². The molecule has 3 nitrogen and oxygen atoms in total. The van der Waals surface area contributed by atoms with E-state index in [2.05, 4.69) is 21.2 Å². The van der Waals surface area contributed by atoms with Crippen LogP contribution in [0.15, 0.2) is 28.7 Å². The molecule has 1 aromatic carbocycles. The molecule has 0 aliphatic heterocycles. The van der Waals surface area contributed by atoms with Crippen LogP contribution in [-0.2, 0) is 11.2 Å². The van der Waals surface area contributed by atoms with Gasteiger partial charge >= 0.3 is 0 Å². The zero-order valence-corrected chi connectivity index (χ0v) is 11.0. The lowest BCUT2D eigenvalue weighted by Gasteiger charge is -2.09. The molecule has 1 aromatic rings. The van der Waals surface area contributed by atoms with E-state index in [0.717, 1.165) is 10.9 Å². The monoisotopic (exact) mass is 284 g/mol. The molecule has 0 bridgehead atoms. The van der Waals surface area contributed by atoms with E-state index < -0.39 is 0 Å². The SMILES string of the molecule is CC(CN)C(=O)NCCc1ccc(Br)cc1. The van der Waals surface area contributed by atoms with Gasteiger partial charge in [-0.25, -0.2) is 0 Å². The minimum Gasteiger partial charge on any atom is -0.355 e. The predicted octanol–water partition coefficient (Wildman–Crippen LogP) is 1.70. The lowest BCUT2D eigenvalue weighted by atomic mass is 10.1. The molecule has 4 heteroatoms. The normalized spacial score (nSPS) is 12.2. The summed E-state index contributed by atoms with van der Waals surface area (Å²) < 4.78 is 1.07. The van der Waals surface area contributed by atoms with Crippen molar-refractivity contribution in [3.63, 3.8) is 0 Å². The van der Waals surface area contributed by atoms with E-state index in [0.29, 0.717) is 13.1 Å². The van der Waals surface area contributed by atoms with Crippen molar-refractivity contribution >= 4 is 21.8 Å². The lowest BCUT2D eigenvalue weighted by Crippen LogP contribution is -2.34. The third-order valence-corrected chi connectivity index (χ3v) is 2.96. The third-order valence-electron chi connectivity index (χ3n) is 2.43. The Morgan fingerprint density at radius 3 is 2.62 bits per heavy atom. The van der Waals surface area contributed by atoms with Crippen molar-refractivity contribution in [2.45, 2.75) is 13.3 Å². The molecular formula is C12H17BrN2O. The van der Waals surface area contributed by atoms with Crippen LogP contribution in [0.5, 0.6) is 0 Å². The van der Waals surface area contributed by atoms with Gasteiger partial charge in [-0.1, -0.05) is 35.0 Å². The molecule has 16 heavy (non-hydrogen) atoms. The van der Waals surface area contributed by atoms with Crippen LogP contribution in [0.3, 0.4) is 0 Å². The van der Waals surface area contributed by atoms with E-state index in [1.807, 2.05) is 31.2 Å². The van der Waals surface area contributed by atoms with Crippen LogP contribution in [0, 0.1) is 5.92 Å². The number of nitrogens with two attached hydrogens (primary N) is 1. The molecule has 0 aliphatic carbocycles. The summed E-state index contributed by atoms with van der Waals surface area (Å²) in [4.78, 5) is 11.4. The lowest BCUT2D eigenvalue weighted by molar-refractivity contribution is -0.124. The van der Waals surface area contributed by atoms with Gasteiger partial charge in [0.1, 0.15) is 0 Å². The number of hydrogen-bond acceptors (Lipinski definition) is 2. The number of hydrogen-bond donors (Lipinski definition) is 2. The quantitative estimate of drug-likeness (QED) is 0.865. The summed E-state index contributed by atoms with van der Waals surface area (Å²) in [6.45, 7) is 2.88. The number of halogens is 1. The van der Waals surface area contributed by atoms with Crippen LogP contribution in [0.25, 0.3) is 0 Å². The second kappa shape index (κ2) is 6.66. The van der Waals surface area contributed by atoms with Crippen LogP contribution in [-0.4, -0.2) is 19.0 Å². The largest absolute Gasteiger partial charge is 0.355 e. The highest BCUT2D eigenvalue weighted by atomic mass is 79.9. The average Bonchev–Trinajstić information content (AvgIpc) is 2.30. The summed E-state index contributed by atoms with van der Waals surface area (Å²) in [5.41, 5.74) is 6.62. The Labute approximate surface area is 105 Å². The fraction of sp³-hybridized carbons (Fsp3) is 0.417. The van der Waals surface area contributed by atoms with Crippen molar-refractivity contribution in [1.29, 1.82) is 0 Å². The first-order valence-electron chi connectivity index (χ1n) is 5.35. The fourth-order valence-electron chi connectivity index (χ4n) is 1.26. The van der Waals surface area contributed by atoms with Crippen molar-refractivity contribution in [2.75, 3.05) is 13.1 Å². The maximum atomic E-state index is 11.4. The first-order chi connectivity index (χ1) is 7.63. The van der Waals surface area contributed by atoms with Gasteiger partial charge in [0, 0.05) is 23.5 Å². The summed E-state index contributed by atoms with van der Waals surface area (Å²) in [6.07, 6.45) is 0.844. The van der Waals surface area contributed by atoms with Crippen molar-refractivity contribution in [3.8, 4) is 0 Å². The summed E-state index contributed by atoms with van der Waals surface area (Å²) in [5.74, 6) is -0.0791. The van der Waals surface area contributed by atoms with Gasteiger partial charge in [0.2, 0.25) is 5.91 Å². The molecule has 3 N–H and O–H groups in total. The van der Waals surface area contributed by atoms with Crippen molar-refractivity contribution < 1.29 is 4.79 Å². The van der Waals surface area contributed by atoms with Crippen molar-refractivity contribution in [2.24, 2.45) is 11.7 Å². The van der Waals surface area contributed by atoms with E-state index in [1.165, 1.54) is 5.56 Å². The highest BCUT2D eigenvalue weighted by molar-refractivity contribution is 9.10. The second-order valence-corrected chi connectivity index (χ2v) is 4.72. The molecule has 0 spiro atoms. The third kappa shape index (κ3) is 4.33. The molecule has 0 heterocycles. The molecular weight excluding hydrogens is 268 g/mol. The van der Waals surface area contributed by atoms with E-state index >= 15 is 0 Å². The minimum atomic E-state index is -0.107. The van der Waals surface area contributed by atoms with Gasteiger partial charge in [-0.05, 0) is 24.1 Å². The summed E-state index contributed by atoms with van der Waals surface area (Å²) in [5, 5.41) is 2.87. The van der Waals surface area contributed by atoms with Crippen molar-refractivity contribution in [3.05, 3.63) is 34.3 Å². The Morgan fingerprint density at radius 1 is 1.44 bits per heavy atom. The van der Waals surface area contributed by atoms with Gasteiger partial charge in [-0.15, -0.1) is 0 Å². The molecule has 0 fully saturated rings. The molecule has 1 atom stereocenters. The minimum absolute atomic E-state index is 0.0274. The molecule has 1 rings (SSSR count). The number of nitrogens with one attached hydrogen (secondary N) is 1. The maximum absolute atomic E-state index is 11.4. The van der Waals surface area contributed by atoms with Crippen LogP contribution >= 0.6 is 15.9 Å². The first-order valence-corrected chi connectivity index (χ1v) is 6.15. The smallest absolute Gasteiger partial charge is 0.224 e. The van der Waals surface area contributed by atoms with Gasteiger partial charge in [0.25, 0.3) is 0 Å². The highest BCUT2D eigenvalue weighted by Gasteiger charge is 2.09.